The highest BCUT2D eigenvalue weighted by molar-refractivity contribution is 6.36. The zero-order chi connectivity index (χ0) is 27.8. The minimum absolute atomic E-state index is 0.302. The van der Waals surface area contributed by atoms with Crippen molar-refractivity contribution >= 4 is 23.4 Å². The van der Waals surface area contributed by atoms with E-state index in [1.807, 2.05) is 36.4 Å². The summed E-state index contributed by atoms with van der Waals surface area (Å²) in [5.41, 5.74) is 8.13. The Hall–Kier alpha value is -3.86. The summed E-state index contributed by atoms with van der Waals surface area (Å²) in [4.78, 5) is 17.6. The number of methoxy groups -OCH3 is 1. The van der Waals surface area contributed by atoms with E-state index in [0.29, 0.717) is 29.1 Å². The number of likely N-dealkylation sites (tertiary alicyclic amines) is 1. The van der Waals surface area contributed by atoms with Crippen molar-refractivity contribution in [2.75, 3.05) is 38.7 Å². The van der Waals surface area contributed by atoms with Gasteiger partial charge in [0.05, 0.1) is 12.3 Å². The second kappa shape index (κ2) is 13.3. The number of nitrogens with one attached hydrogen (secondary N) is 1. The van der Waals surface area contributed by atoms with Crippen LogP contribution in [0.25, 0.3) is 16.9 Å². The van der Waals surface area contributed by atoms with Crippen LogP contribution < -0.4 is 11.1 Å². The first-order valence-electron chi connectivity index (χ1n) is 12.3. The maximum absolute atomic E-state index is 13.1. The second-order valence-corrected chi connectivity index (χ2v) is 9.32. The van der Waals surface area contributed by atoms with Gasteiger partial charge in [-0.3, -0.25) is 10.3 Å². The topological polar surface area (TPSA) is 98.3 Å². The summed E-state index contributed by atoms with van der Waals surface area (Å²) >= 11 is 6.38. The van der Waals surface area contributed by atoms with Gasteiger partial charge in [-0.1, -0.05) is 35.9 Å². The number of nitrogens with zero attached hydrogens (tertiary/aromatic N) is 4. The van der Waals surface area contributed by atoms with Crippen LogP contribution in [0.1, 0.15) is 17.9 Å². The number of primary amides is 1. The minimum atomic E-state index is -0.775. The molecule has 11 heteroatoms. The van der Waals surface area contributed by atoms with E-state index in [1.165, 1.54) is 16.8 Å². The first kappa shape index (κ1) is 28.2. The summed E-state index contributed by atoms with van der Waals surface area (Å²) in [6, 6.07) is 16.4. The Labute approximate surface area is 230 Å². The van der Waals surface area contributed by atoms with Crippen molar-refractivity contribution in [3.63, 3.8) is 0 Å². The van der Waals surface area contributed by atoms with E-state index in [-0.39, 0.29) is 0 Å². The molecule has 2 aromatic carbocycles. The summed E-state index contributed by atoms with van der Waals surface area (Å²) in [5.74, 6) is -0.901. The number of nitrogens with two attached hydrogens (primary N) is 1. The fourth-order valence-corrected chi connectivity index (χ4v) is 4.64. The third-order valence-electron chi connectivity index (χ3n) is 6.30. The summed E-state index contributed by atoms with van der Waals surface area (Å²) in [5, 5.41) is 7.30. The van der Waals surface area contributed by atoms with Gasteiger partial charge in [0, 0.05) is 38.2 Å². The third kappa shape index (κ3) is 7.17. The number of ether oxygens (including phenoxy) is 1. The van der Waals surface area contributed by atoms with Gasteiger partial charge in [-0.05, 0) is 60.8 Å². The number of aromatic nitrogens is 3. The van der Waals surface area contributed by atoms with E-state index in [0.717, 1.165) is 42.9 Å². The van der Waals surface area contributed by atoms with E-state index < -0.39 is 17.7 Å². The highest BCUT2D eigenvalue weighted by Crippen LogP contribution is 2.35. The molecule has 39 heavy (non-hydrogen) atoms. The molecule has 0 bridgehead atoms. The fourth-order valence-electron chi connectivity index (χ4n) is 4.36. The molecule has 3 heterocycles. The largest absolute Gasteiger partial charge is 0.383 e. The van der Waals surface area contributed by atoms with Crippen LogP contribution in [0.2, 0.25) is 5.02 Å². The number of para-hydroxylation sites is 1. The molecule has 0 aliphatic carbocycles. The van der Waals surface area contributed by atoms with Crippen molar-refractivity contribution in [2.24, 2.45) is 5.73 Å². The molecule has 1 aliphatic heterocycles. The van der Waals surface area contributed by atoms with Crippen LogP contribution in [0.3, 0.4) is 0 Å². The maximum Gasteiger partial charge on any atom is 0.317 e. The second-order valence-electron chi connectivity index (χ2n) is 8.94. The number of urea groups is 1. The molecule has 3 N–H and O–H groups in total. The van der Waals surface area contributed by atoms with Gasteiger partial charge in [-0.2, -0.15) is 5.10 Å². The van der Waals surface area contributed by atoms with Crippen molar-refractivity contribution in [3.8, 4) is 16.9 Å². The number of anilines is 1. The number of carbonyl (C=O) groups is 1. The number of benzene rings is 2. The first-order chi connectivity index (χ1) is 18.9. The number of rotatable bonds is 7. The minimum Gasteiger partial charge on any atom is -0.383 e. The highest BCUT2D eigenvalue weighted by Gasteiger charge is 2.24. The maximum atomic E-state index is 13.1. The van der Waals surface area contributed by atoms with Crippen molar-refractivity contribution in [2.45, 2.75) is 12.3 Å². The zero-order valence-corrected chi connectivity index (χ0v) is 22.1. The Morgan fingerprint density at radius 1 is 1.15 bits per heavy atom. The fraction of sp³-hybridized carbons (Fsp3) is 0.250. The van der Waals surface area contributed by atoms with Crippen LogP contribution in [-0.2, 0) is 4.74 Å². The molecule has 2 amide bonds. The van der Waals surface area contributed by atoms with E-state index >= 15 is 0 Å². The number of pyridine rings is 1. The van der Waals surface area contributed by atoms with E-state index in [1.54, 1.807) is 31.6 Å². The van der Waals surface area contributed by atoms with E-state index in [2.05, 4.69) is 20.3 Å². The Morgan fingerprint density at radius 3 is 2.62 bits per heavy atom. The summed E-state index contributed by atoms with van der Waals surface area (Å²) in [6.45, 7) is 3.50. The van der Waals surface area contributed by atoms with Gasteiger partial charge in [0.25, 0.3) is 0 Å². The smallest absolute Gasteiger partial charge is 0.317 e. The number of halogens is 3. The van der Waals surface area contributed by atoms with Crippen molar-refractivity contribution in [1.82, 2.24) is 19.7 Å². The monoisotopic (exact) mass is 554 g/mol. The predicted octanol–water partition coefficient (Wildman–Crippen LogP) is 5.48. The van der Waals surface area contributed by atoms with Crippen LogP contribution in [0.15, 0.2) is 73.1 Å². The highest BCUT2D eigenvalue weighted by atomic mass is 35.5. The zero-order valence-electron chi connectivity index (χ0n) is 21.4. The summed E-state index contributed by atoms with van der Waals surface area (Å²) < 4.78 is 32.5. The third-order valence-corrected chi connectivity index (χ3v) is 6.66. The van der Waals surface area contributed by atoms with Gasteiger partial charge in [-0.15, -0.1) is 0 Å². The van der Waals surface area contributed by atoms with Crippen molar-refractivity contribution < 1.29 is 18.3 Å². The Morgan fingerprint density at radius 2 is 1.95 bits per heavy atom. The molecular formula is C28H29ClF2N6O2. The Balaban J connectivity index is 0.000000187. The van der Waals surface area contributed by atoms with Crippen LogP contribution in [-0.4, -0.2) is 59.0 Å². The van der Waals surface area contributed by atoms with Gasteiger partial charge >= 0.3 is 6.03 Å². The van der Waals surface area contributed by atoms with Crippen LogP contribution in [0.5, 0.6) is 0 Å². The molecule has 8 nitrogen and oxygen atoms in total. The van der Waals surface area contributed by atoms with E-state index in [9.17, 15) is 13.6 Å². The van der Waals surface area contributed by atoms with Gasteiger partial charge in [-0.25, -0.2) is 18.3 Å². The van der Waals surface area contributed by atoms with E-state index in [4.69, 9.17) is 22.1 Å². The number of hydrogen-bond acceptors (Lipinski definition) is 5. The molecule has 5 rings (SSSR count). The van der Waals surface area contributed by atoms with Crippen molar-refractivity contribution in [1.29, 1.82) is 0 Å². The molecule has 1 aliphatic rings. The SMILES string of the molecule is COCCN1CCC(c2ccc(F)c(F)c2)C1.NC(=O)Nc1c(Cl)c(-c2cccnc2)nn1-c1ccccc1. The molecular weight excluding hydrogens is 526 g/mol. The summed E-state index contributed by atoms with van der Waals surface area (Å²) in [6.07, 6.45) is 4.31. The number of amides is 2. The quantitative estimate of drug-likeness (QED) is 0.315. The first-order valence-corrected chi connectivity index (χ1v) is 12.7. The van der Waals surface area contributed by atoms with Gasteiger partial charge in [0.2, 0.25) is 0 Å². The molecule has 1 unspecified atom stereocenters. The number of carbonyl (C=O) groups excluding carboxylic acids is 1. The molecule has 204 valence electrons. The van der Waals surface area contributed by atoms with Crippen LogP contribution in [0, 0.1) is 11.6 Å². The lowest BCUT2D eigenvalue weighted by atomic mass is 9.98. The predicted molar refractivity (Wildman–Crippen MR) is 147 cm³/mol. The average molecular weight is 555 g/mol. The lowest BCUT2D eigenvalue weighted by Gasteiger charge is -2.15. The summed E-state index contributed by atoms with van der Waals surface area (Å²) in [7, 11) is 1.68. The lowest BCUT2D eigenvalue weighted by Crippen LogP contribution is -2.24. The van der Waals surface area contributed by atoms with Crippen LogP contribution in [0.4, 0.5) is 19.4 Å². The van der Waals surface area contributed by atoms with Gasteiger partial charge < -0.3 is 15.4 Å². The van der Waals surface area contributed by atoms with Crippen LogP contribution >= 0.6 is 11.6 Å². The molecule has 0 saturated carbocycles. The van der Waals surface area contributed by atoms with Gasteiger partial charge in [0.1, 0.15) is 10.7 Å². The lowest BCUT2D eigenvalue weighted by molar-refractivity contribution is 0.160. The molecule has 2 aromatic heterocycles. The van der Waals surface area contributed by atoms with Gasteiger partial charge in [0.15, 0.2) is 17.5 Å². The molecule has 0 radical (unpaired) electrons. The molecule has 4 aromatic rings. The normalized spacial score (nSPS) is 15.0. The Bertz CT molecular complexity index is 1390. The molecule has 1 saturated heterocycles. The molecule has 0 spiro atoms. The van der Waals surface area contributed by atoms with Crippen molar-refractivity contribution in [3.05, 3.63) is 95.3 Å². The molecule has 1 atom stereocenters. The average Bonchev–Trinajstić information content (AvgIpc) is 3.55. The standard InChI is InChI=1S/C15H12ClN5O.C13H17F2NO/c16-12-13(10-5-4-8-18-9-10)20-21(14(12)19-15(17)22)11-6-2-1-3-7-11;1-17-7-6-16-5-4-11(9-16)10-2-3-12(14)13(15)8-10/h1-9H,(H3,17,19,22);2-3,8,11H,4-7,9H2,1H3. The Kier molecular flexibility index (Phi) is 9.59. The molecule has 1 fully saturated rings. The number of hydrogen-bond donors (Lipinski definition) is 2.